The third-order valence-electron chi connectivity index (χ3n) is 4.29. The smallest absolute Gasteiger partial charge is 0.223 e. The van der Waals surface area contributed by atoms with Crippen LogP contribution in [0.2, 0.25) is 0 Å². The molecule has 2 fully saturated rings. The second-order valence-corrected chi connectivity index (χ2v) is 5.63. The van der Waals surface area contributed by atoms with E-state index in [4.69, 9.17) is 0 Å². The molecule has 0 bridgehead atoms. The Labute approximate surface area is 111 Å². The molecular formula is C15H17F2NO. The average molecular weight is 265 g/mol. The van der Waals surface area contributed by atoms with Crippen LogP contribution in [0, 0.1) is 23.5 Å². The lowest BCUT2D eigenvalue weighted by Gasteiger charge is -2.25. The molecule has 1 amide bonds. The van der Waals surface area contributed by atoms with Gasteiger partial charge in [-0.1, -0.05) is 12.5 Å². The normalized spacial score (nSPS) is 25.8. The highest BCUT2D eigenvalue weighted by Crippen LogP contribution is 2.49. The van der Waals surface area contributed by atoms with Crippen LogP contribution in [0.25, 0.3) is 0 Å². The van der Waals surface area contributed by atoms with Gasteiger partial charge in [-0.05, 0) is 37.3 Å². The predicted octanol–water partition coefficient (Wildman–Crippen LogP) is 2.98. The fourth-order valence-corrected chi connectivity index (χ4v) is 2.74. The first-order valence-electron chi connectivity index (χ1n) is 6.88. The second kappa shape index (κ2) is 4.91. The van der Waals surface area contributed by atoms with Crippen LogP contribution in [-0.2, 0) is 4.79 Å². The Balaban J connectivity index is 1.59. The minimum Gasteiger partial charge on any atom is -0.356 e. The number of benzene rings is 1. The van der Waals surface area contributed by atoms with Crippen LogP contribution >= 0.6 is 0 Å². The van der Waals surface area contributed by atoms with Gasteiger partial charge in [0.15, 0.2) is 0 Å². The Morgan fingerprint density at radius 3 is 2.53 bits per heavy atom. The van der Waals surface area contributed by atoms with Crippen LogP contribution in [0.4, 0.5) is 8.78 Å². The standard InChI is InChI=1S/C15H17F2NO/c16-12-5-2-6-13(17)14(12)10-7-11(10)15(19)18-8-9-3-1-4-9/h2,5-6,9-11H,1,3-4,7-8H2,(H,18,19)/t10-,11-/m0/s1. The predicted molar refractivity (Wildman–Crippen MR) is 67.6 cm³/mol. The van der Waals surface area contributed by atoms with Gasteiger partial charge in [0.05, 0.1) is 0 Å². The summed E-state index contributed by atoms with van der Waals surface area (Å²) < 4.78 is 27.2. The van der Waals surface area contributed by atoms with Crippen molar-refractivity contribution < 1.29 is 13.6 Å². The largest absolute Gasteiger partial charge is 0.356 e. The number of carbonyl (C=O) groups excluding carboxylic acids is 1. The Kier molecular flexibility index (Phi) is 3.25. The molecule has 2 aliphatic rings. The van der Waals surface area contributed by atoms with E-state index in [1.165, 1.54) is 37.5 Å². The van der Waals surface area contributed by atoms with Gasteiger partial charge in [-0.3, -0.25) is 4.79 Å². The topological polar surface area (TPSA) is 29.1 Å². The zero-order valence-electron chi connectivity index (χ0n) is 10.7. The van der Waals surface area contributed by atoms with Crippen LogP contribution in [-0.4, -0.2) is 12.5 Å². The van der Waals surface area contributed by atoms with Crippen LogP contribution in [0.15, 0.2) is 18.2 Å². The molecule has 4 heteroatoms. The molecule has 1 aromatic carbocycles. The van der Waals surface area contributed by atoms with Crippen LogP contribution in [0.1, 0.15) is 37.2 Å². The molecule has 102 valence electrons. The number of hydrogen-bond donors (Lipinski definition) is 1. The molecule has 2 aliphatic carbocycles. The zero-order valence-corrected chi connectivity index (χ0v) is 10.7. The summed E-state index contributed by atoms with van der Waals surface area (Å²) in [4.78, 5) is 11.9. The van der Waals surface area contributed by atoms with E-state index in [0.717, 1.165) is 0 Å². The maximum absolute atomic E-state index is 13.6. The monoisotopic (exact) mass is 265 g/mol. The SMILES string of the molecule is O=C(NCC1CCC1)[C@H]1C[C@@H]1c1c(F)cccc1F. The van der Waals surface area contributed by atoms with Crippen molar-refractivity contribution in [3.05, 3.63) is 35.4 Å². The lowest BCUT2D eigenvalue weighted by Crippen LogP contribution is -2.33. The van der Waals surface area contributed by atoms with Gasteiger partial charge in [0.25, 0.3) is 0 Å². The zero-order chi connectivity index (χ0) is 13.4. The molecule has 2 atom stereocenters. The maximum atomic E-state index is 13.6. The number of halogens is 2. The van der Waals surface area contributed by atoms with E-state index < -0.39 is 11.6 Å². The van der Waals surface area contributed by atoms with Crippen molar-refractivity contribution in [1.82, 2.24) is 5.32 Å². The molecule has 0 aromatic heterocycles. The first-order valence-corrected chi connectivity index (χ1v) is 6.88. The third kappa shape index (κ3) is 2.48. The van der Waals surface area contributed by atoms with Crippen LogP contribution < -0.4 is 5.32 Å². The van der Waals surface area contributed by atoms with E-state index in [1.807, 2.05) is 0 Å². The van der Waals surface area contributed by atoms with Crippen molar-refractivity contribution in [3.63, 3.8) is 0 Å². The molecule has 0 aliphatic heterocycles. The molecule has 1 N–H and O–H groups in total. The van der Waals surface area contributed by atoms with Gasteiger partial charge in [-0.15, -0.1) is 0 Å². The van der Waals surface area contributed by atoms with E-state index in [-0.39, 0.29) is 23.3 Å². The van der Waals surface area contributed by atoms with Crippen molar-refractivity contribution in [2.45, 2.75) is 31.6 Å². The molecule has 0 unspecified atom stereocenters. The van der Waals surface area contributed by atoms with E-state index >= 15 is 0 Å². The summed E-state index contributed by atoms with van der Waals surface area (Å²) in [5.74, 6) is -1.08. The van der Waals surface area contributed by atoms with Crippen LogP contribution in [0.5, 0.6) is 0 Å². The molecule has 0 saturated heterocycles. The number of amides is 1. The second-order valence-electron chi connectivity index (χ2n) is 5.63. The van der Waals surface area contributed by atoms with E-state index in [2.05, 4.69) is 5.32 Å². The van der Waals surface area contributed by atoms with Crippen molar-refractivity contribution in [3.8, 4) is 0 Å². The summed E-state index contributed by atoms with van der Waals surface area (Å²) in [6.45, 7) is 0.710. The molecule has 0 heterocycles. The number of nitrogens with one attached hydrogen (secondary N) is 1. The van der Waals surface area contributed by atoms with E-state index in [1.54, 1.807) is 0 Å². The Morgan fingerprint density at radius 1 is 1.26 bits per heavy atom. The Morgan fingerprint density at radius 2 is 1.95 bits per heavy atom. The van der Waals surface area contributed by atoms with Gasteiger partial charge in [0, 0.05) is 23.9 Å². The highest BCUT2D eigenvalue weighted by atomic mass is 19.1. The van der Waals surface area contributed by atoms with Crippen LogP contribution in [0.3, 0.4) is 0 Å². The number of rotatable bonds is 4. The molecule has 0 spiro atoms. The Bertz CT molecular complexity index is 479. The molecule has 2 nitrogen and oxygen atoms in total. The van der Waals surface area contributed by atoms with Crippen molar-refractivity contribution in [1.29, 1.82) is 0 Å². The lowest BCUT2D eigenvalue weighted by atomic mass is 9.85. The highest BCUT2D eigenvalue weighted by Gasteiger charge is 2.46. The summed E-state index contributed by atoms with van der Waals surface area (Å²) >= 11 is 0. The lowest BCUT2D eigenvalue weighted by molar-refractivity contribution is -0.122. The molecule has 19 heavy (non-hydrogen) atoms. The summed E-state index contributed by atoms with van der Waals surface area (Å²) in [6, 6.07) is 3.85. The van der Waals surface area contributed by atoms with Gasteiger partial charge in [0.1, 0.15) is 11.6 Å². The maximum Gasteiger partial charge on any atom is 0.223 e. The highest BCUT2D eigenvalue weighted by molar-refractivity contribution is 5.82. The van der Waals surface area contributed by atoms with Gasteiger partial charge in [-0.2, -0.15) is 0 Å². The summed E-state index contributed by atoms with van der Waals surface area (Å²) in [7, 11) is 0. The van der Waals surface area contributed by atoms with E-state index in [9.17, 15) is 13.6 Å². The molecule has 1 aromatic rings. The van der Waals surface area contributed by atoms with Gasteiger partial charge < -0.3 is 5.32 Å². The fraction of sp³-hybridized carbons (Fsp3) is 0.533. The summed E-state index contributed by atoms with van der Waals surface area (Å²) in [5, 5.41) is 2.90. The first-order chi connectivity index (χ1) is 9.16. The first kappa shape index (κ1) is 12.6. The summed E-state index contributed by atoms with van der Waals surface area (Å²) in [5.41, 5.74) is 0.0753. The molecule has 2 saturated carbocycles. The van der Waals surface area contributed by atoms with Gasteiger partial charge >= 0.3 is 0 Å². The third-order valence-corrected chi connectivity index (χ3v) is 4.29. The Hall–Kier alpha value is -1.45. The number of carbonyl (C=O) groups is 1. The summed E-state index contributed by atoms with van der Waals surface area (Å²) in [6.07, 6.45) is 4.15. The number of hydrogen-bond acceptors (Lipinski definition) is 1. The van der Waals surface area contributed by atoms with Gasteiger partial charge in [0.2, 0.25) is 5.91 Å². The fourth-order valence-electron chi connectivity index (χ4n) is 2.74. The molecule has 3 rings (SSSR count). The molecule has 0 radical (unpaired) electrons. The van der Waals surface area contributed by atoms with Crippen molar-refractivity contribution >= 4 is 5.91 Å². The minimum absolute atomic E-state index is 0.0560. The average Bonchev–Trinajstić information content (AvgIpc) is 3.06. The quantitative estimate of drug-likeness (QED) is 0.891. The minimum atomic E-state index is -0.542. The van der Waals surface area contributed by atoms with Gasteiger partial charge in [-0.25, -0.2) is 8.78 Å². The molecular weight excluding hydrogens is 248 g/mol. The van der Waals surface area contributed by atoms with Crippen molar-refractivity contribution in [2.24, 2.45) is 11.8 Å². The van der Waals surface area contributed by atoms with Crippen molar-refractivity contribution in [2.75, 3.05) is 6.54 Å². The van der Waals surface area contributed by atoms with E-state index in [0.29, 0.717) is 18.9 Å².